The fourth-order valence-corrected chi connectivity index (χ4v) is 1.21. The lowest BCUT2D eigenvalue weighted by molar-refractivity contribution is -0.145. The maximum Gasteiger partial charge on any atom is 0.408 e. The fraction of sp³-hybridized carbons (Fsp3) is 0.667. The van der Waals surface area contributed by atoms with Crippen LogP contribution in [0.2, 0.25) is 0 Å². The highest BCUT2D eigenvalue weighted by molar-refractivity contribution is 5.82. The van der Waals surface area contributed by atoms with E-state index in [-0.39, 0.29) is 0 Å². The minimum atomic E-state index is -0.993. The summed E-state index contributed by atoms with van der Waals surface area (Å²) in [6.07, 6.45) is -0.00866. The van der Waals surface area contributed by atoms with Crippen LogP contribution in [-0.2, 0) is 19.0 Å². The number of ether oxygens (including phenoxy) is 3. The van der Waals surface area contributed by atoms with Gasteiger partial charge in [0.1, 0.15) is 11.7 Å². The monoisotopic (exact) mass is 259 g/mol. The Kier molecular flexibility index (Phi) is 6.40. The standard InChI is InChI=1S/C12H21NO5/c1-7-8(16-5)9(10(14)17-6)13-11(15)18-12(2,3)4/h7-9H,1H2,2-6H3,(H,13,15)/t8-,9+/m0/s1. The van der Waals surface area contributed by atoms with Crippen molar-refractivity contribution in [2.45, 2.75) is 38.5 Å². The molecule has 0 aromatic carbocycles. The van der Waals surface area contributed by atoms with Gasteiger partial charge >= 0.3 is 12.1 Å². The van der Waals surface area contributed by atoms with Gasteiger partial charge in [-0.25, -0.2) is 9.59 Å². The molecule has 0 saturated heterocycles. The van der Waals surface area contributed by atoms with Gasteiger partial charge in [0.05, 0.1) is 7.11 Å². The second kappa shape index (κ2) is 7.00. The topological polar surface area (TPSA) is 73.9 Å². The molecule has 0 aliphatic heterocycles. The van der Waals surface area contributed by atoms with Gasteiger partial charge in [0.2, 0.25) is 0 Å². The first kappa shape index (κ1) is 16.4. The summed E-state index contributed by atoms with van der Waals surface area (Å²) in [5, 5.41) is 2.39. The van der Waals surface area contributed by atoms with Crippen LogP contribution in [0.4, 0.5) is 4.79 Å². The number of amides is 1. The Hall–Kier alpha value is -1.56. The SMILES string of the molecule is C=C[C@H](OC)[C@@H](NC(=O)OC(C)(C)C)C(=O)OC. The molecule has 0 rings (SSSR count). The Bertz CT molecular complexity index is 308. The van der Waals surface area contributed by atoms with Crippen LogP contribution in [0.15, 0.2) is 12.7 Å². The number of esters is 1. The zero-order valence-electron chi connectivity index (χ0n) is 11.5. The number of methoxy groups -OCH3 is 2. The van der Waals surface area contributed by atoms with Gasteiger partial charge in [0, 0.05) is 7.11 Å². The maximum absolute atomic E-state index is 11.6. The molecule has 0 aliphatic rings. The van der Waals surface area contributed by atoms with E-state index in [2.05, 4.69) is 16.6 Å². The van der Waals surface area contributed by atoms with Gasteiger partial charge < -0.3 is 19.5 Å². The Labute approximate surface area is 107 Å². The van der Waals surface area contributed by atoms with E-state index in [9.17, 15) is 9.59 Å². The van der Waals surface area contributed by atoms with Crippen LogP contribution in [0.5, 0.6) is 0 Å². The largest absolute Gasteiger partial charge is 0.467 e. The number of nitrogens with one attached hydrogen (secondary N) is 1. The van der Waals surface area contributed by atoms with Crippen LogP contribution in [0.3, 0.4) is 0 Å². The van der Waals surface area contributed by atoms with Crippen molar-refractivity contribution in [1.82, 2.24) is 5.32 Å². The van der Waals surface area contributed by atoms with Crippen LogP contribution in [0.1, 0.15) is 20.8 Å². The van der Waals surface area contributed by atoms with Gasteiger partial charge in [-0.1, -0.05) is 6.08 Å². The lowest BCUT2D eigenvalue weighted by Crippen LogP contribution is -2.50. The Balaban J connectivity index is 4.74. The first-order valence-corrected chi connectivity index (χ1v) is 5.48. The van der Waals surface area contributed by atoms with Crippen LogP contribution < -0.4 is 5.32 Å². The van der Waals surface area contributed by atoms with Crippen molar-refractivity contribution in [3.8, 4) is 0 Å². The second-order valence-electron chi connectivity index (χ2n) is 4.58. The number of hydrogen-bond donors (Lipinski definition) is 1. The fourth-order valence-electron chi connectivity index (χ4n) is 1.21. The first-order chi connectivity index (χ1) is 8.25. The molecule has 1 N–H and O–H groups in total. The highest BCUT2D eigenvalue weighted by Gasteiger charge is 2.30. The third-order valence-electron chi connectivity index (χ3n) is 1.96. The highest BCUT2D eigenvalue weighted by Crippen LogP contribution is 2.08. The van der Waals surface area contributed by atoms with Gasteiger partial charge in [-0.2, -0.15) is 0 Å². The third-order valence-corrected chi connectivity index (χ3v) is 1.96. The van der Waals surface area contributed by atoms with Crippen molar-refractivity contribution in [3.63, 3.8) is 0 Å². The normalized spacial score (nSPS) is 14.3. The Morgan fingerprint density at radius 2 is 1.83 bits per heavy atom. The average Bonchev–Trinajstić information content (AvgIpc) is 2.25. The van der Waals surface area contributed by atoms with Crippen molar-refractivity contribution < 1.29 is 23.8 Å². The predicted molar refractivity (Wildman–Crippen MR) is 66.2 cm³/mol. The molecule has 18 heavy (non-hydrogen) atoms. The molecule has 0 fully saturated rings. The summed E-state index contributed by atoms with van der Waals surface area (Å²) in [6, 6.07) is -0.993. The lowest BCUT2D eigenvalue weighted by atomic mass is 10.1. The molecule has 104 valence electrons. The quantitative estimate of drug-likeness (QED) is 0.594. The number of rotatable bonds is 5. The van der Waals surface area contributed by atoms with E-state index >= 15 is 0 Å². The Morgan fingerprint density at radius 3 is 2.17 bits per heavy atom. The summed E-state index contributed by atoms with van der Waals surface area (Å²) < 4.78 is 14.7. The summed E-state index contributed by atoms with van der Waals surface area (Å²) in [6.45, 7) is 8.70. The van der Waals surface area contributed by atoms with Gasteiger partial charge in [0.25, 0.3) is 0 Å². The molecule has 0 aromatic rings. The molecule has 2 atom stereocenters. The van der Waals surface area contributed by atoms with Crippen LogP contribution in [0, 0.1) is 0 Å². The zero-order valence-corrected chi connectivity index (χ0v) is 11.5. The average molecular weight is 259 g/mol. The molecule has 0 aromatic heterocycles. The predicted octanol–water partition coefficient (Wildman–Crippen LogP) is 1.25. The van der Waals surface area contributed by atoms with Crippen molar-refractivity contribution in [2.75, 3.05) is 14.2 Å². The van der Waals surface area contributed by atoms with Gasteiger partial charge in [-0.3, -0.25) is 0 Å². The highest BCUT2D eigenvalue weighted by atomic mass is 16.6. The Morgan fingerprint density at radius 1 is 1.28 bits per heavy atom. The van der Waals surface area contributed by atoms with Crippen LogP contribution >= 0.6 is 0 Å². The van der Waals surface area contributed by atoms with E-state index in [4.69, 9.17) is 9.47 Å². The molecule has 0 bridgehead atoms. The van der Waals surface area contributed by atoms with Gasteiger partial charge in [-0.05, 0) is 20.8 Å². The number of hydrogen-bond acceptors (Lipinski definition) is 5. The van der Waals surface area contributed by atoms with Crippen molar-refractivity contribution in [1.29, 1.82) is 0 Å². The van der Waals surface area contributed by atoms with Gasteiger partial charge in [0.15, 0.2) is 6.04 Å². The summed E-state index contributed by atoms with van der Waals surface area (Å²) >= 11 is 0. The molecule has 6 nitrogen and oxygen atoms in total. The molecular weight excluding hydrogens is 238 g/mol. The summed E-state index contributed by atoms with van der Waals surface area (Å²) in [5.41, 5.74) is -0.651. The van der Waals surface area contributed by atoms with E-state index in [0.717, 1.165) is 0 Å². The van der Waals surface area contributed by atoms with Crippen molar-refractivity contribution in [2.24, 2.45) is 0 Å². The van der Waals surface area contributed by atoms with E-state index in [0.29, 0.717) is 0 Å². The smallest absolute Gasteiger partial charge is 0.408 e. The number of carbonyl (C=O) groups excluding carboxylic acids is 2. The van der Waals surface area contributed by atoms with E-state index in [1.807, 2.05) is 0 Å². The molecule has 1 amide bonds. The van der Waals surface area contributed by atoms with Crippen LogP contribution in [-0.4, -0.2) is 44.0 Å². The molecule has 0 aliphatic carbocycles. The van der Waals surface area contributed by atoms with Gasteiger partial charge in [-0.15, -0.1) is 6.58 Å². The molecule has 0 radical (unpaired) electrons. The third kappa shape index (κ3) is 5.67. The first-order valence-electron chi connectivity index (χ1n) is 5.48. The number of carbonyl (C=O) groups is 2. The van der Waals surface area contributed by atoms with Crippen molar-refractivity contribution in [3.05, 3.63) is 12.7 Å². The lowest BCUT2D eigenvalue weighted by Gasteiger charge is -2.25. The second-order valence-corrected chi connectivity index (χ2v) is 4.58. The van der Waals surface area contributed by atoms with E-state index < -0.39 is 29.8 Å². The van der Waals surface area contributed by atoms with Crippen LogP contribution in [0.25, 0.3) is 0 Å². The summed E-state index contributed by atoms with van der Waals surface area (Å²) in [7, 11) is 2.63. The molecule has 0 unspecified atom stereocenters. The maximum atomic E-state index is 11.6. The number of alkyl carbamates (subject to hydrolysis) is 1. The molecule has 0 saturated carbocycles. The van der Waals surface area contributed by atoms with E-state index in [1.54, 1.807) is 20.8 Å². The molecule has 0 heterocycles. The molecular formula is C12H21NO5. The van der Waals surface area contributed by atoms with Crippen molar-refractivity contribution >= 4 is 12.1 Å². The molecule has 0 spiro atoms. The molecule has 6 heteroatoms. The minimum Gasteiger partial charge on any atom is -0.467 e. The van der Waals surface area contributed by atoms with E-state index in [1.165, 1.54) is 20.3 Å². The zero-order chi connectivity index (χ0) is 14.3. The minimum absolute atomic E-state index is 0.632. The summed E-state index contributed by atoms with van der Waals surface area (Å²) in [5.74, 6) is -0.632. The summed E-state index contributed by atoms with van der Waals surface area (Å²) in [4.78, 5) is 23.1.